The lowest BCUT2D eigenvalue weighted by Crippen LogP contribution is -2.16. The summed E-state index contributed by atoms with van der Waals surface area (Å²) in [7, 11) is 0. The lowest BCUT2D eigenvalue weighted by atomic mass is 10.2. The van der Waals surface area contributed by atoms with Crippen molar-refractivity contribution in [3.63, 3.8) is 0 Å². The molecular formula is C17H25BrN2S. The van der Waals surface area contributed by atoms with Crippen LogP contribution in [0.1, 0.15) is 39.5 Å². The van der Waals surface area contributed by atoms with Crippen LogP contribution in [0.2, 0.25) is 0 Å². The molecule has 0 saturated heterocycles. The molecule has 0 aliphatic carbocycles. The summed E-state index contributed by atoms with van der Waals surface area (Å²) in [4.78, 5) is 5.95. The molecule has 116 valence electrons. The highest BCUT2D eigenvalue weighted by atomic mass is 79.9. The van der Waals surface area contributed by atoms with Crippen LogP contribution in [-0.2, 0) is 6.54 Å². The van der Waals surface area contributed by atoms with Crippen molar-refractivity contribution in [2.45, 2.75) is 46.1 Å². The molecule has 2 aromatic rings. The highest BCUT2D eigenvalue weighted by Gasteiger charge is 2.06. The zero-order valence-corrected chi connectivity index (χ0v) is 15.4. The van der Waals surface area contributed by atoms with E-state index in [4.69, 9.17) is 4.99 Å². The summed E-state index contributed by atoms with van der Waals surface area (Å²) < 4.78 is 2.39. The van der Waals surface area contributed by atoms with E-state index in [1.165, 1.54) is 41.7 Å². The van der Waals surface area contributed by atoms with Gasteiger partial charge in [0.05, 0.1) is 5.69 Å². The molecule has 21 heavy (non-hydrogen) atoms. The molecule has 2 rings (SSSR count). The third-order valence-corrected chi connectivity index (χ3v) is 4.26. The highest BCUT2D eigenvalue weighted by Crippen LogP contribution is 2.20. The number of benzene rings is 1. The van der Waals surface area contributed by atoms with Crippen LogP contribution in [0.3, 0.4) is 0 Å². The van der Waals surface area contributed by atoms with Gasteiger partial charge in [0.25, 0.3) is 0 Å². The Hall–Kier alpha value is -0.870. The number of hydrogen-bond acceptors (Lipinski definition) is 2. The lowest BCUT2D eigenvalue weighted by molar-refractivity contribution is 0.617. The maximum Gasteiger partial charge on any atom is 0.185 e. The lowest BCUT2D eigenvalue weighted by Gasteiger charge is -2.08. The van der Waals surface area contributed by atoms with Gasteiger partial charge in [-0.15, -0.1) is 28.3 Å². The summed E-state index contributed by atoms with van der Waals surface area (Å²) in [6.07, 6.45) is 4.80. The minimum Gasteiger partial charge on any atom is -0.317 e. The highest BCUT2D eigenvalue weighted by molar-refractivity contribution is 8.93. The molecule has 0 aliphatic rings. The normalized spacial score (nSPS) is 11.4. The predicted octanol–water partition coefficient (Wildman–Crippen LogP) is 5.30. The molecule has 0 spiro atoms. The number of rotatable bonds is 7. The molecule has 0 bridgehead atoms. The first kappa shape index (κ1) is 18.2. The average Bonchev–Trinajstić information content (AvgIpc) is 2.89. The molecule has 0 saturated carbocycles. The number of thiazole rings is 1. The van der Waals surface area contributed by atoms with Gasteiger partial charge in [0.15, 0.2) is 4.80 Å². The Morgan fingerprint density at radius 3 is 2.43 bits per heavy atom. The monoisotopic (exact) mass is 368 g/mol. The maximum atomic E-state index is 4.78. The first-order chi connectivity index (χ1) is 9.86. The van der Waals surface area contributed by atoms with Crippen molar-refractivity contribution < 1.29 is 0 Å². The predicted molar refractivity (Wildman–Crippen MR) is 98.3 cm³/mol. The molecule has 0 unspecified atom stereocenters. The van der Waals surface area contributed by atoms with Crippen molar-refractivity contribution in [2.24, 2.45) is 4.99 Å². The quantitative estimate of drug-likeness (QED) is 0.590. The number of aromatic nitrogens is 1. The molecule has 1 aromatic carbocycles. The van der Waals surface area contributed by atoms with E-state index in [0.29, 0.717) is 0 Å². The Morgan fingerprint density at radius 1 is 1.05 bits per heavy atom. The summed E-state index contributed by atoms with van der Waals surface area (Å²) in [6.45, 7) is 6.46. The Balaban J connectivity index is 0.00000220. The van der Waals surface area contributed by atoms with Crippen molar-refractivity contribution in [1.29, 1.82) is 0 Å². The molecule has 0 fully saturated rings. The van der Waals surface area contributed by atoms with Gasteiger partial charge in [-0.2, -0.15) is 0 Å². The fourth-order valence-corrected chi connectivity index (χ4v) is 3.12. The van der Waals surface area contributed by atoms with Gasteiger partial charge in [-0.25, -0.2) is 0 Å². The molecule has 0 radical (unpaired) electrons. The van der Waals surface area contributed by atoms with E-state index < -0.39 is 0 Å². The van der Waals surface area contributed by atoms with Crippen LogP contribution in [-0.4, -0.2) is 11.1 Å². The van der Waals surface area contributed by atoms with Gasteiger partial charge < -0.3 is 4.57 Å². The van der Waals surface area contributed by atoms with Gasteiger partial charge in [0.2, 0.25) is 0 Å². The van der Waals surface area contributed by atoms with E-state index in [9.17, 15) is 0 Å². The van der Waals surface area contributed by atoms with Crippen LogP contribution < -0.4 is 4.80 Å². The Morgan fingerprint density at radius 2 is 1.76 bits per heavy atom. The second-order valence-electron chi connectivity index (χ2n) is 5.01. The van der Waals surface area contributed by atoms with Gasteiger partial charge >= 0.3 is 0 Å². The SMILES string of the molecule is Br.CCCCN=c1scc(-c2ccccc2)n1CCCC. The molecule has 0 N–H and O–H groups in total. The van der Waals surface area contributed by atoms with E-state index in [0.717, 1.165) is 13.1 Å². The first-order valence-electron chi connectivity index (χ1n) is 7.61. The molecule has 0 amide bonds. The van der Waals surface area contributed by atoms with Crippen LogP contribution >= 0.6 is 28.3 Å². The van der Waals surface area contributed by atoms with E-state index in [2.05, 4.69) is 54.1 Å². The van der Waals surface area contributed by atoms with Crippen LogP contribution in [0, 0.1) is 0 Å². The molecule has 0 atom stereocenters. The summed E-state index contributed by atoms with van der Waals surface area (Å²) in [6, 6.07) is 10.6. The van der Waals surface area contributed by atoms with Crippen molar-refractivity contribution in [3.05, 3.63) is 40.5 Å². The number of halogens is 1. The van der Waals surface area contributed by atoms with E-state index in [1.54, 1.807) is 11.3 Å². The van der Waals surface area contributed by atoms with Gasteiger partial charge in [0, 0.05) is 18.5 Å². The van der Waals surface area contributed by atoms with Crippen LogP contribution in [0.15, 0.2) is 40.7 Å². The molecule has 1 heterocycles. The number of nitrogens with zero attached hydrogens (tertiary/aromatic N) is 2. The topological polar surface area (TPSA) is 17.3 Å². The van der Waals surface area contributed by atoms with Gasteiger partial charge in [0.1, 0.15) is 0 Å². The minimum absolute atomic E-state index is 0. The Bertz CT molecular complexity index is 572. The standard InChI is InChI=1S/C17H24N2S.BrH/c1-3-5-12-18-17-19(13-6-4-2)16(14-20-17)15-10-8-7-9-11-15;/h7-11,14H,3-6,12-13H2,1-2H3;1H. The largest absolute Gasteiger partial charge is 0.317 e. The zero-order chi connectivity index (χ0) is 14.2. The number of hydrogen-bond donors (Lipinski definition) is 0. The molecule has 1 aromatic heterocycles. The van der Waals surface area contributed by atoms with Gasteiger partial charge in [-0.05, 0) is 18.4 Å². The number of unbranched alkanes of at least 4 members (excludes halogenated alkanes) is 2. The summed E-state index contributed by atoms with van der Waals surface area (Å²) in [5.41, 5.74) is 2.59. The third-order valence-electron chi connectivity index (χ3n) is 3.36. The van der Waals surface area contributed by atoms with Crippen molar-refractivity contribution >= 4 is 28.3 Å². The molecule has 2 nitrogen and oxygen atoms in total. The first-order valence-corrected chi connectivity index (χ1v) is 8.49. The van der Waals surface area contributed by atoms with E-state index in [-0.39, 0.29) is 17.0 Å². The molecule has 0 aliphatic heterocycles. The van der Waals surface area contributed by atoms with Crippen molar-refractivity contribution in [1.82, 2.24) is 4.57 Å². The zero-order valence-electron chi connectivity index (χ0n) is 12.9. The third kappa shape index (κ3) is 5.11. The smallest absolute Gasteiger partial charge is 0.185 e. The fraction of sp³-hybridized carbons (Fsp3) is 0.471. The summed E-state index contributed by atoms with van der Waals surface area (Å²) in [5, 5.41) is 2.25. The minimum atomic E-state index is 0. The molecular weight excluding hydrogens is 344 g/mol. The van der Waals surface area contributed by atoms with Crippen LogP contribution in [0.25, 0.3) is 11.3 Å². The molecule has 4 heteroatoms. The van der Waals surface area contributed by atoms with Crippen LogP contribution in [0.4, 0.5) is 0 Å². The van der Waals surface area contributed by atoms with Gasteiger partial charge in [-0.1, -0.05) is 57.0 Å². The summed E-state index contributed by atoms with van der Waals surface area (Å²) >= 11 is 1.77. The summed E-state index contributed by atoms with van der Waals surface area (Å²) in [5.74, 6) is 0. The Labute approximate surface area is 142 Å². The van der Waals surface area contributed by atoms with Gasteiger partial charge in [-0.3, -0.25) is 4.99 Å². The second kappa shape index (κ2) is 9.96. The van der Waals surface area contributed by atoms with E-state index >= 15 is 0 Å². The maximum absolute atomic E-state index is 4.78. The Kier molecular flexibility index (Phi) is 8.62. The second-order valence-corrected chi connectivity index (χ2v) is 5.85. The fourth-order valence-electron chi connectivity index (χ4n) is 2.16. The average molecular weight is 369 g/mol. The van der Waals surface area contributed by atoms with E-state index in [1.807, 2.05) is 0 Å². The van der Waals surface area contributed by atoms with Crippen molar-refractivity contribution in [2.75, 3.05) is 6.54 Å². The van der Waals surface area contributed by atoms with Crippen molar-refractivity contribution in [3.8, 4) is 11.3 Å². The van der Waals surface area contributed by atoms with Crippen LogP contribution in [0.5, 0.6) is 0 Å².